The molecule has 0 N–H and O–H groups in total. The number of sulfonamides is 1. The number of aryl methyl sites for hydroxylation is 1. The zero-order valence-corrected chi connectivity index (χ0v) is 16.3. The molecule has 0 bridgehead atoms. The largest absolute Gasteiger partial charge is 0.495 e. The van der Waals surface area contributed by atoms with Crippen LogP contribution in [-0.2, 0) is 16.4 Å². The average Bonchev–Trinajstić information content (AvgIpc) is 2.77. The van der Waals surface area contributed by atoms with E-state index in [1.165, 1.54) is 17.5 Å². The summed E-state index contributed by atoms with van der Waals surface area (Å²) in [6.07, 6.45) is 2.61. The van der Waals surface area contributed by atoms with Gasteiger partial charge in [-0.25, -0.2) is 8.42 Å². The van der Waals surface area contributed by atoms with Crippen LogP contribution in [0.3, 0.4) is 0 Å². The summed E-state index contributed by atoms with van der Waals surface area (Å²) in [5.41, 5.74) is 1.74. The van der Waals surface area contributed by atoms with E-state index < -0.39 is 10.0 Å². The first kappa shape index (κ1) is 17.6. The fourth-order valence-electron chi connectivity index (χ4n) is 2.89. The summed E-state index contributed by atoms with van der Waals surface area (Å²) < 4.78 is 34.2. The molecule has 2 aromatic rings. The van der Waals surface area contributed by atoms with Crippen LogP contribution >= 0.6 is 27.5 Å². The van der Waals surface area contributed by atoms with Gasteiger partial charge in [-0.05, 0) is 55.2 Å². The normalized spacial score (nSPS) is 14.9. The van der Waals surface area contributed by atoms with Crippen molar-refractivity contribution in [3.05, 3.63) is 51.5 Å². The van der Waals surface area contributed by atoms with Crippen molar-refractivity contribution in [2.75, 3.05) is 18.0 Å². The molecule has 0 aromatic heterocycles. The Bertz CT molecular complexity index is 870. The molecule has 0 fully saturated rings. The monoisotopic (exact) mass is 429 g/mol. The first-order valence-electron chi connectivity index (χ1n) is 7.58. The maximum Gasteiger partial charge on any atom is 0.268 e. The highest BCUT2D eigenvalue weighted by Gasteiger charge is 2.31. The summed E-state index contributed by atoms with van der Waals surface area (Å²) in [5, 5.41) is 0.360. The van der Waals surface area contributed by atoms with Crippen molar-refractivity contribution in [3.8, 4) is 5.75 Å². The molecule has 4 nitrogen and oxygen atoms in total. The summed E-state index contributed by atoms with van der Waals surface area (Å²) in [4.78, 5) is 0.0883. The lowest BCUT2D eigenvalue weighted by Crippen LogP contribution is -2.32. The van der Waals surface area contributed by atoms with Gasteiger partial charge in [0.2, 0.25) is 0 Å². The van der Waals surface area contributed by atoms with Gasteiger partial charge < -0.3 is 4.74 Å². The Morgan fingerprint density at radius 3 is 2.71 bits per heavy atom. The molecule has 0 radical (unpaired) electrons. The van der Waals surface area contributed by atoms with Gasteiger partial charge >= 0.3 is 0 Å². The highest BCUT2D eigenvalue weighted by atomic mass is 79.9. The number of ether oxygens (including phenoxy) is 1. The van der Waals surface area contributed by atoms with Crippen LogP contribution in [0.5, 0.6) is 5.75 Å². The predicted molar refractivity (Wildman–Crippen MR) is 99.6 cm³/mol. The van der Waals surface area contributed by atoms with Gasteiger partial charge in [-0.1, -0.05) is 33.6 Å². The van der Waals surface area contributed by atoms with E-state index >= 15 is 0 Å². The first-order chi connectivity index (χ1) is 11.4. The second-order valence-corrected chi connectivity index (χ2v) is 8.79. The number of benzene rings is 2. The third-order valence-corrected chi connectivity index (χ3v) is 6.63. The third-order valence-electron chi connectivity index (χ3n) is 4.07. The average molecular weight is 431 g/mol. The van der Waals surface area contributed by atoms with Gasteiger partial charge in [0.1, 0.15) is 10.6 Å². The number of methoxy groups -OCH3 is 1. The number of rotatable bonds is 3. The van der Waals surface area contributed by atoms with E-state index in [1.807, 2.05) is 18.2 Å². The second-order valence-electron chi connectivity index (χ2n) is 5.60. The smallest absolute Gasteiger partial charge is 0.268 e. The number of halogens is 2. The standard InChI is InChI=1S/C17H17BrClNO3S/c1-23-16-8-7-14(19)11-17(16)24(21,22)20-9-3-2-4-12-5-6-13(18)10-15(12)20/h5-8,10-11H,2-4,9H2,1H3. The number of fused-ring (bicyclic) bond motifs is 1. The maximum atomic E-state index is 13.3. The van der Waals surface area contributed by atoms with Gasteiger partial charge in [-0.15, -0.1) is 0 Å². The number of nitrogens with zero attached hydrogens (tertiary/aromatic N) is 1. The summed E-state index contributed by atoms with van der Waals surface area (Å²) in [5.74, 6) is 0.292. The van der Waals surface area contributed by atoms with Crippen molar-refractivity contribution >= 4 is 43.2 Å². The van der Waals surface area contributed by atoms with Crippen LogP contribution < -0.4 is 9.04 Å². The minimum atomic E-state index is -3.78. The summed E-state index contributed by atoms with van der Waals surface area (Å²) >= 11 is 9.47. The predicted octanol–water partition coefficient (Wildman–Crippen LogP) is 4.64. The Morgan fingerprint density at radius 2 is 1.96 bits per heavy atom. The van der Waals surface area contributed by atoms with Crippen LogP contribution in [0.1, 0.15) is 18.4 Å². The zero-order valence-electron chi connectivity index (χ0n) is 13.1. The van der Waals surface area contributed by atoms with Gasteiger partial charge in [-0.3, -0.25) is 4.31 Å². The molecule has 128 valence electrons. The van der Waals surface area contributed by atoms with E-state index in [-0.39, 0.29) is 4.90 Å². The number of hydrogen-bond donors (Lipinski definition) is 0. The molecule has 1 heterocycles. The van der Waals surface area contributed by atoms with E-state index in [0.717, 1.165) is 29.3 Å². The van der Waals surface area contributed by atoms with Gasteiger partial charge in [0, 0.05) is 16.0 Å². The van der Waals surface area contributed by atoms with Crippen LogP contribution in [0.2, 0.25) is 5.02 Å². The topological polar surface area (TPSA) is 46.6 Å². The Kier molecular flexibility index (Phi) is 5.08. The SMILES string of the molecule is COc1ccc(Cl)cc1S(=O)(=O)N1CCCCc2ccc(Br)cc21. The zero-order chi connectivity index (χ0) is 17.3. The molecule has 0 aliphatic carbocycles. The first-order valence-corrected chi connectivity index (χ1v) is 10.2. The van der Waals surface area contributed by atoms with E-state index in [4.69, 9.17) is 16.3 Å². The fraction of sp³-hybridized carbons (Fsp3) is 0.294. The second kappa shape index (κ2) is 6.94. The van der Waals surface area contributed by atoms with Crippen LogP contribution in [0.15, 0.2) is 45.8 Å². The molecule has 1 aliphatic heterocycles. The van der Waals surface area contributed by atoms with Gasteiger partial charge in [0.15, 0.2) is 0 Å². The summed E-state index contributed by atoms with van der Waals surface area (Å²) in [7, 11) is -2.32. The van der Waals surface area contributed by atoms with Crippen LogP contribution in [0.25, 0.3) is 0 Å². The van der Waals surface area contributed by atoms with Crippen LogP contribution in [-0.4, -0.2) is 22.1 Å². The van der Waals surface area contributed by atoms with Crippen molar-refractivity contribution < 1.29 is 13.2 Å². The Labute approximate surface area is 155 Å². The minimum absolute atomic E-state index is 0.0883. The van der Waals surface area contributed by atoms with Crippen molar-refractivity contribution in [1.82, 2.24) is 0 Å². The highest BCUT2D eigenvalue weighted by Crippen LogP contribution is 2.36. The quantitative estimate of drug-likeness (QED) is 0.712. The number of hydrogen-bond acceptors (Lipinski definition) is 3. The molecule has 0 unspecified atom stereocenters. The molecule has 3 rings (SSSR count). The van der Waals surface area contributed by atoms with Crippen LogP contribution in [0.4, 0.5) is 5.69 Å². The van der Waals surface area contributed by atoms with Crippen molar-refractivity contribution in [2.45, 2.75) is 24.2 Å². The maximum absolute atomic E-state index is 13.3. The Hall–Kier alpha value is -1.24. The summed E-state index contributed by atoms with van der Waals surface area (Å²) in [6.45, 7) is 0.432. The van der Waals surface area contributed by atoms with Crippen LogP contribution in [0, 0.1) is 0 Å². The molecule has 0 amide bonds. The van der Waals surface area contributed by atoms with Crippen molar-refractivity contribution in [1.29, 1.82) is 0 Å². The van der Waals surface area contributed by atoms with Gasteiger partial charge in [0.05, 0.1) is 12.8 Å². The Balaban J connectivity index is 2.17. The molecular formula is C17H17BrClNO3S. The van der Waals surface area contributed by atoms with E-state index in [2.05, 4.69) is 15.9 Å². The fourth-order valence-corrected chi connectivity index (χ4v) is 5.20. The minimum Gasteiger partial charge on any atom is -0.495 e. The molecular weight excluding hydrogens is 414 g/mol. The van der Waals surface area contributed by atoms with Gasteiger partial charge in [-0.2, -0.15) is 0 Å². The highest BCUT2D eigenvalue weighted by molar-refractivity contribution is 9.10. The molecule has 0 saturated heterocycles. The Morgan fingerprint density at radius 1 is 1.17 bits per heavy atom. The molecule has 0 saturated carbocycles. The van der Waals surface area contributed by atoms with E-state index in [9.17, 15) is 8.42 Å². The molecule has 0 atom stereocenters. The lowest BCUT2D eigenvalue weighted by atomic mass is 10.1. The molecule has 1 aliphatic rings. The van der Waals surface area contributed by atoms with Crippen molar-refractivity contribution in [2.24, 2.45) is 0 Å². The molecule has 2 aromatic carbocycles. The molecule has 24 heavy (non-hydrogen) atoms. The lowest BCUT2D eigenvalue weighted by molar-refractivity contribution is 0.402. The third kappa shape index (κ3) is 3.27. The van der Waals surface area contributed by atoms with E-state index in [0.29, 0.717) is 23.0 Å². The van der Waals surface area contributed by atoms with Crippen molar-refractivity contribution in [3.63, 3.8) is 0 Å². The van der Waals surface area contributed by atoms with E-state index in [1.54, 1.807) is 12.1 Å². The lowest BCUT2D eigenvalue weighted by Gasteiger charge is -2.25. The number of anilines is 1. The summed E-state index contributed by atoms with van der Waals surface area (Å²) in [6, 6.07) is 10.4. The molecule has 7 heteroatoms. The molecule has 0 spiro atoms. The van der Waals surface area contributed by atoms with Gasteiger partial charge in [0.25, 0.3) is 10.0 Å².